The molecule has 2 saturated heterocycles. The van der Waals surface area contributed by atoms with Crippen LogP contribution in [-0.2, 0) is 20.9 Å². The Balaban J connectivity index is 1.62. The second-order valence-corrected chi connectivity index (χ2v) is 13.6. The maximum Gasteiger partial charge on any atom is 0.326 e. The third-order valence-electron chi connectivity index (χ3n) is 9.56. The summed E-state index contributed by atoms with van der Waals surface area (Å²) in [5.74, 6) is -0.298. The van der Waals surface area contributed by atoms with Gasteiger partial charge >= 0.3 is 5.97 Å². The van der Waals surface area contributed by atoms with Gasteiger partial charge in [0.1, 0.15) is 12.1 Å². The van der Waals surface area contributed by atoms with Crippen LogP contribution in [-0.4, -0.2) is 58.8 Å². The number of carbonyl (C=O) groups excluding carboxylic acids is 1. The maximum absolute atomic E-state index is 14.3. The van der Waals surface area contributed by atoms with Gasteiger partial charge in [0.15, 0.2) is 0 Å². The predicted octanol–water partition coefficient (Wildman–Crippen LogP) is 5.82. The van der Waals surface area contributed by atoms with Crippen LogP contribution >= 0.6 is 0 Å². The number of carboxylic acid groups (broad SMARTS) is 1. The number of carboxylic acids is 1. The van der Waals surface area contributed by atoms with Crippen molar-refractivity contribution in [2.24, 2.45) is 11.3 Å². The summed E-state index contributed by atoms with van der Waals surface area (Å²) >= 11 is 0. The molecule has 1 aliphatic carbocycles. The van der Waals surface area contributed by atoms with Crippen molar-refractivity contribution in [3.05, 3.63) is 58.8 Å². The molecule has 5 rings (SSSR count). The Morgan fingerprint density at radius 2 is 1.90 bits per heavy atom. The minimum atomic E-state index is -1.01. The lowest BCUT2D eigenvalue weighted by atomic mass is 9.72. The van der Waals surface area contributed by atoms with E-state index in [9.17, 15) is 14.7 Å². The Kier molecular flexibility index (Phi) is 8.95. The van der Waals surface area contributed by atoms with Crippen LogP contribution in [0, 0.1) is 11.3 Å². The van der Waals surface area contributed by atoms with Gasteiger partial charge in [0.25, 0.3) is 5.91 Å². The van der Waals surface area contributed by atoms with Crippen molar-refractivity contribution in [1.82, 2.24) is 15.2 Å². The molecule has 1 saturated carbocycles. The second kappa shape index (κ2) is 12.3. The highest BCUT2D eigenvalue weighted by Crippen LogP contribution is 2.50. The Hall–Kier alpha value is -2.97. The summed E-state index contributed by atoms with van der Waals surface area (Å²) in [5.41, 5.74) is 3.85. The van der Waals surface area contributed by atoms with E-state index in [4.69, 9.17) is 9.47 Å². The molecule has 2 aliphatic heterocycles. The van der Waals surface area contributed by atoms with Gasteiger partial charge in [-0.3, -0.25) is 4.79 Å². The van der Waals surface area contributed by atoms with E-state index < -0.39 is 29.6 Å². The molecular formula is C34H47N3O5. The average molecular weight is 578 g/mol. The number of methoxy groups -OCH3 is 1. The summed E-state index contributed by atoms with van der Waals surface area (Å²) < 4.78 is 11.5. The van der Waals surface area contributed by atoms with Gasteiger partial charge in [-0.05, 0) is 65.7 Å². The van der Waals surface area contributed by atoms with Crippen molar-refractivity contribution in [2.45, 2.75) is 109 Å². The van der Waals surface area contributed by atoms with Crippen LogP contribution in [0.2, 0.25) is 0 Å². The number of aliphatic carboxylic acids is 1. The van der Waals surface area contributed by atoms with Gasteiger partial charge in [0, 0.05) is 36.9 Å². The van der Waals surface area contributed by atoms with Gasteiger partial charge in [-0.25, -0.2) is 9.78 Å². The first-order chi connectivity index (χ1) is 20.0. The Morgan fingerprint density at radius 1 is 1.17 bits per heavy atom. The van der Waals surface area contributed by atoms with Gasteiger partial charge in [0.2, 0.25) is 5.88 Å². The lowest BCUT2D eigenvalue weighted by molar-refractivity contribution is -0.156. The molecule has 1 aromatic heterocycles. The molecule has 1 aromatic carbocycles. The summed E-state index contributed by atoms with van der Waals surface area (Å²) in [5, 5.41) is 14.6. The van der Waals surface area contributed by atoms with E-state index in [1.165, 1.54) is 24.8 Å². The standard InChI is InChI=1S/C34H47N3O5/c1-20(2)24-13-7-8-14-25(24)29-28(35-19-23-17-22(21-11-9-12-21)18-36-31(23)41-6)27(34(3,4)5)30(33(39)40)37(29)32(38)26-15-10-16-42-26/h7-8,13-14,17-18,20-21,26-30,35H,9-12,15-16,19H2,1-6H3,(H,39,40)/t26-,27?,28?,29?,30?/m0/s1. The molecule has 228 valence electrons. The number of hydrogen-bond acceptors (Lipinski definition) is 6. The van der Waals surface area contributed by atoms with Crippen molar-refractivity contribution >= 4 is 11.9 Å². The molecule has 0 spiro atoms. The minimum absolute atomic E-state index is 0.196. The molecule has 0 bridgehead atoms. The van der Waals surface area contributed by atoms with Crippen LogP contribution in [0.1, 0.15) is 107 Å². The van der Waals surface area contributed by atoms with Crippen LogP contribution in [0.3, 0.4) is 0 Å². The molecule has 8 heteroatoms. The fourth-order valence-corrected chi connectivity index (χ4v) is 7.32. The predicted molar refractivity (Wildman–Crippen MR) is 161 cm³/mol. The Morgan fingerprint density at radius 3 is 2.48 bits per heavy atom. The summed E-state index contributed by atoms with van der Waals surface area (Å²) in [4.78, 5) is 33.7. The number of carbonyl (C=O) groups is 2. The summed E-state index contributed by atoms with van der Waals surface area (Å²) in [6, 6.07) is 8.52. The first-order valence-electron chi connectivity index (χ1n) is 15.5. The maximum atomic E-state index is 14.3. The first-order valence-corrected chi connectivity index (χ1v) is 15.5. The zero-order valence-corrected chi connectivity index (χ0v) is 25.9. The zero-order valence-electron chi connectivity index (χ0n) is 25.9. The summed E-state index contributed by atoms with van der Waals surface area (Å²) in [6.07, 6.45) is 6.28. The Labute approximate surface area is 250 Å². The molecule has 1 amide bonds. The molecule has 0 radical (unpaired) electrons. The first kappa shape index (κ1) is 30.5. The third-order valence-corrected chi connectivity index (χ3v) is 9.56. The van der Waals surface area contributed by atoms with E-state index in [1.807, 2.05) is 18.3 Å². The number of ether oxygens (including phenoxy) is 2. The normalized spacial score (nSPS) is 26.5. The number of rotatable bonds is 9. The quantitative estimate of drug-likeness (QED) is 0.387. The molecule has 8 nitrogen and oxygen atoms in total. The molecule has 3 aliphatic rings. The molecule has 3 fully saturated rings. The van der Waals surface area contributed by atoms with Crippen LogP contribution < -0.4 is 10.1 Å². The minimum Gasteiger partial charge on any atom is -0.481 e. The van der Waals surface area contributed by atoms with E-state index in [-0.39, 0.29) is 23.8 Å². The van der Waals surface area contributed by atoms with Crippen LogP contribution in [0.4, 0.5) is 0 Å². The number of pyridine rings is 1. The second-order valence-electron chi connectivity index (χ2n) is 13.6. The van der Waals surface area contributed by atoms with Gasteiger partial charge in [-0.1, -0.05) is 65.3 Å². The van der Waals surface area contributed by atoms with Gasteiger partial charge in [-0.2, -0.15) is 0 Å². The Bertz CT molecular complexity index is 1280. The number of amides is 1. The third kappa shape index (κ3) is 5.80. The SMILES string of the molecule is COc1ncc(C2CCC2)cc1CNC1C(c2ccccc2C(C)C)N(C(=O)[C@@H]2CCCO2)C(C(=O)O)C1C(C)(C)C. The van der Waals surface area contributed by atoms with E-state index in [1.54, 1.807) is 12.0 Å². The number of hydrogen-bond donors (Lipinski definition) is 2. The highest BCUT2D eigenvalue weighted by Gasteiger charge is 2.59. The lowest BCUT2D eigenvalue weighted by Crippen LogP contribution is -2.50. The van der Waals surface area contributed by atoms with Gasteiger partial charge < -0.3 is 24.8 Å². The van der Waals surface area contributed by atoms with Crippen LogP contribution in [0.15, 0.2) is 36.5 Å². The van der Waals surface area contributed by atoms with Crippen molar-refractivity contribution < 1.29 is 24.2 Å². The van der Waals surface area contributed by atoms with Gasteiger partial charge in [0.05, 0.1) is 13.2 Å². The number of nitrogens with zero attached hydrogens (tertiary/aromatic N) is 2. The molecular weight excluding hydrogens is 530 g/mol. The molecule has 5 atom stereocenters. The van der Waals surface area contributed by atoms with Crippen LogP contribution in [0.25, 0.3) is 0 Å². The average Bonchev–Trinajstić information content (AvgIpc) is 3.57. The monoisotopic (exact) mass is 577 g/mol. The molecule has 2 aromatic rings. The fraction of sp³-hybridized carbons (Fsp3) is 0.618. The van der Waals surface area contributed by atoms with E-state index >= 15 is 0 Å². The molecule has 3 heterocycles. The number of likely N-dealkylation sites (tertiary alicyclic amines) is 1. The van der Waals surface area contributed by atoms with Crippen LogP contribution in [0.5, 0.6) is 5.88 Å². The fourth-order valence-electron chi connectivity index (χ4n) is 7.32. The van der Waals surface area contributed by atoms with E-state index in [2.05, 4.69) is 63.1 Å². The number of aromatic nitrogens is 1. The van der Waals surface area contributed by atoms with E-state index in [0.717, 1.165) is 23.1 Å². The molecule has 42 heavy (non-hydrogen) atoms. The van der Waals surface area contributed by atoms with Crippen molar-refractivity contribution in [3.63, 3.8) is 0 Å². The topological polar surface area (TPSA) is 101 Å². The smallest absolute Gasteiger partial charge is 0.326 e. The zero-order chi connectivity index (χ0) is 30.2. The largest absolute Gasteiger partial charge is 0.481 e. The van der Waals surface area contributed by atoms with Crippen molar-refractivity contribution in [1.29, 1.82) is 0 Å². The van der Waals surface area contributed by atoms with Crippen molar-refractivity contribution in [3.8, 4) is 5.88 Å². The van der Waals surface area contributed by atoms with Gasteiger partial charge in [-0.15, -0.1) is 0 Å². The van der Waals surface area contributed by atoms with E-state index in [0.29, 0.717) is 31.4 Å². The summed E-state index contributed by atoms with van der Waals surface area (Å²) in [6.45, 7) is 11.5. The number of benzene rings is 1. The highest BCUT2D eigenvalue weighted by atomic mass is 16.5. The summed E-state index contributed by atoms with van der Waals surface area (Å²) in [7, 11) is 1.63. The number of nitrogens with one attached hydrogen (secondary N) is 1. The molecule has 4 unspecified atom stereocenters. The van der Waals surface area contributed by atoms with Crippen molar-refractivity contribution in [2.75, 3.05) is 13.7 Å². The lowest BCUT2D eigenvalue weighted by Gasteiger charge is -2.36. The highest BCUT2D eigenvalue weighted by molar-refractivity contribution is 5.88. The molecule has 2 N–H and O–H groups in total.